The molecule has 0 saturated heterocycles. The molecular formula is C22H14BrNO2. The van der Waals surface area contributed by atoms with E-state index in [4.69, 9.17) is 4.98 Å². The normalized spacial score (nSPS) is 10.8. The van der Waals surface area contributed by atoms with Crippen molar-refractivity contribution in [2.45, 2.75) is 0 Å². The van der Waals surface area contributed by atoms with Gasteiger partial charge in [-0.15, -0.1) is 0 Å². The van der Waals surface area contributed by atoms with Crippen LogP contribution in [0.4, 0.5) is 0 Å². The summed E-state index contributed by atoms with van der Waals surface area (Å²) < 4.78 is 0.820. The van der Waals surface area contributed by atoms with Gasteiger partial charge in [-0.2, -0.15) is 0 Å². The predicted octanol–water partition coefficient (Wildman–Crippen LogP) is 6.03. The van der Waals surface area contributed by atoms with Crippen molar-refractivity contribution < 1.29 is 9.90 Å². The lowest BCUT2D eigenvalue weighted by atomic mass is 9.92. The third kappa shape index (κ3) is 2.89. The summed E-state index contributed by atoms with van der Waals surface area (Å²) in [5.41, 5.74) is 3.95. The van der Waals surface area contributed by atoms with Gasteiger partial charge >= 0.3 is 5.97 Å². The second-order valence-corrected chi connectivity index (χ2v) is 6.82. The summed E-state index contributed by atoms with van der Waals surface area (Å²) in [5.74, 6) is -0.966. The second kappa shape index (κ2) is 6.73. The zero-order valence-corrected chi connectivity index (χ0v) is 15.3. The lowest BCUT2D eigenvalue weighted by molar-refractivity contribution is 0.0700. The zero-order chi connectivity index (χ0) is 18.1. The number of hydrogen-bond donors (Lipinski definition) is 1. The fourth-order valence-corrected chi connectivity index (χ4v) is 3.51. The molecule has 0 atom stereocenters. The summed E-state index contributed by atoms with van der Waals surface area (Å²) in [6, 6.07) is 24.8. The number of halogens is 1. The topological polar surface area (TPSA) is 50.2 Å². The largest absolute Gasteiger partial charge is 0.478 e. The van der Waals surface area contributed by atoms with Gasteiger partial charge in [0.1, 0.15) is 0 Å². The molecule has 1 aromatic heterocycles. The van der Waals surface area contributed by atoms with Crippen molar-refractivity contribution in [2.24, 2.45) is 0 Å². The minimum Gasteiger partial charge on any atom is -0.478 e. The quantitative estimate of drug-likeness (QED) is 0.454. The van der Waals surface area contributed by atoms with Crippen LogP contribution in [0.3, 0.4) is 0 Å². The number of nitrogens with zero attached hydrogens (tertiary/aromatic N) is 1. The molecule has 0 aliphatic rings. The van der Waals surface area contributed by atoms with E-state index < -0.39 is 5.97 Å². The van der Waals surface area contributed by atoms with E-state index in [0.717, 1.165) is 15.6 Å². The van der Waals surface area contributed by atoms with Gasteiger partial charge in [-0.3, -0.25) is 0 Å². The van der Waals surface area contributed by atoms with Crippen LogP contribution in [-0.2, 0) is 0 Å². The van der Waals surface area contributed by atoms with Crippen LogP contribution in [-0.4, -0.2) is 16.1 Å². The first kappa shape index (κ1) is 16.5. The van der Waals surface area contributed by atoms with Crippen molar-refractivity contribution in [3.63, 3.8) is 0 Å². The molecule has 0 amide bonds. The zero-order valence-electron chi connectivity index (χ0n) is 13.7. The van der Waals surface area contributed by atoms with E-state index in [1.54, 1.807) is 0 Å². The molecule has 0 saturated carbocycles. The van der Waals surface area contributed by atoms with Crippen LogP contribution in [0.5, 0.6) is 0 Å². The average molecular weight is 404 g/mol. The number of carboxylic acid groups (broad SMARTS) is 1. The number of benzene rings is 3. The van der Waals surface area contributed by atoms with Gasteiger partial charge in [0, 0.05) is 21.0 Å². The number of carboxylic acids is 1. The highest BCUT2D eigenvalue weighted by molar-refractivity contribution is 9.10. The molecule has 0 spiro atoms. The third-order valence-corrected chi connectivity index (χ3v) is 4.76. The van der Waals surface area contributed by atoms with E-state index in [1.165, 1.54) is 0 Å². The number of pyridine rings is 1. The average Bonchev–Trinajstić information content (AvgIpc) is 2.67. The molecule has 126 valence electrons. The molecule has 0 aliphatic carbocycles. The maximum absolute atomic E-state index is 12.3. The fraction of sp³-hybridized carbons (Fsp3) is 0. The van der Waals surface area contributed by atoms with E-state index in [0.29, 0.717) is 22.2 Å². The maximum Gasteiger partial charge on any atom is 0.337 e. The minimum absolute atomic E-state index is 0.265. The lowest BCUT2D eigenvalue weighted by Gasteiger charge is -2.16. The van der Waals surface area contributed by atoms with Gasteiger partial charge in [-0.05, 0) is 23.8 Å². The Labute approximate surface area is 159 Å². The Morgan fingerprint density at radius 1 is 0.846 bits per heavy atom. The van der Waals surface area contributed by atoms with Crippen molar-refractivity contribution in [3.8, 4) is 22.4 Å². The van der Waals surface area contributed by atoms with Crippen LogP contribution >= 0.6 is 15.9 Å². The fourth-order valence-electron chi connectivity index (χ4n) is 3.15. The van der Waals surface area contributed by atoms with Gasteiger partial charge in [0.05, 0.1) is 16.8 Å². The molecule has 4 aromatic rings. The molecule has 1 N–H and O–H groups in total. The van der Waals surface area contributed by atoms with Gasteiger partial charge in [0.2, 0.25) is 0 Å². The van der Waals surface area contributed by atoms with Crippen molar-refractivity contribution in [2.75, 3.05) is 0 Å². The summed E-state index contributed by atoms with van der Waals surface area (Å²) in [5, 5.41) is 10.7. The first-order chi connectivity index (χ1) is 12.6. The molecule has 3 nitrogen and oxygen atoms in total. The van der Waals surface area contributed by atoms with E-state index in [-0.39, 0.29) is 5.56 Å². The van der Waals surface area contributed by atoms with Crippen LogP contribution < -0.4 is 0 Å². The smallest absolute Gasteiger partial charge is 0.337 e. The molecule has 4 rings (SSSR count). The summed E-state index contributed by atoms with van der Waals surface area (Å²) >= 11 is 3.44. The number of aromatic nitrogens is 1. The third-order valence-electron chi connectivity index (χ3n) is 4.27. The first-order valence-corrected chi connectivity index (χ1v) is 8.92. The van der Waals surface area contributed by atoms with E-state index in [9.17, 15) is 9.90 Å². The molecule has 0 unspecified atom stereocenters. The summed E-state index contributed by atoms with van der Waals surface area (Å²) in [7, 11) is 0. The summed E-state index contributed by atoms with van der Waals surface area (Å²) in [6.07, 6.45) is 0. The van der Waals surface area contributed by atoms with Crippen molar-refractivity contribution in [3.05, 3.63) is 88.9 Å². The molecule has 0 aliphatic heterocycles. The van der Waals surface area contributed by atoms with Gasteiger partial charge < -0.3 is 5.11 Å². The molecule has 3 aromatic carbocycles. The van der Waals surface area contributed by atoms with Crippen molar-refractivity contribution in [1.29, 1.82) is 0 Å². The Balaban J connectivity index is 2.19. The monoisotopic (exact) mass is 403 g/mol. The number of hydrogen-bond acceptors (Lipinski definition) is 2. The highest BCUT2D eigenvalue weighted by atomic mass is 79.9. The number of fused-ring (bicyclic) bond motifs is 1. The van der Waals surface area contributed by atoms with E-state index in [2.05, 4.69) is 15.9 Å². The Morgan fingerprint density at radius 2 is 1.46 bits per heavy atom. The Kier molecular flexibility index (Phi) is 4.27. The Morgan fingerprint density at radius 3 is 2.08 bits per heavy atom. The highest BCUT2D eigenvalue weighted by Crippen LogP contribution is 2.38. The molecule has 0 bridgehead atoms. The van der Waals surface area contributed by atoms with E-state index in [1.807, 2.05) is 78.9 Å². The standard InChI is InChI=1S/C22H14BrNO2/c23-16-11-12-18-17(13-16)20(22(25)26)19(14-7-3-1-4-8-14)21(24-18)15-9-5-2-6-10-15/h1-13H,(H,25,26). The Bertz CT molecular complexity index is 1110. The van der Waals surface area contributed by atoms with Crippen LogP contribution in [0.15, 0.2) is 83.3 Å². The van der Waals surface area contributed by atoms with Crippen LogP contribution in [0.25, 0.3) is 33.3 Å². The number of rotatable bonds is 3. The van der Waals surface area contributed by atoms with Crippen LogP contribution in [0.1, 0.15) is 10.4 Å². The summed E-state index contributed by atoms with van der Waals surface area (Å²) in [4.78, 5) is 17.1. The first-order valence-electron chi connectivity index (χ1n) is 8.12. The lowest BCUT2D eigenvalue weighted by Crippen LogP contribution is -2.05. The molecule has 26 heavy (non-hydrogen) atoms. The minimum atomic E-state index is -0.966. The molecule has 0 radical (unpaired) electrons. The van der Waals surface area contributed by atoms with Crippen molar-refractivity contribution >= 4 is 32.8 Å². The highest BCUT2D eigenvalue weighted by Gasteiger charge is 2.22. The van der Waals surface area contributed by atoms with Gasteiger partial charge in [0.15, 0.2) is 0 Å². The van der Waals surface area contributed by atoms with Gasteiger partial charge in [0.25, 0.3) is 0 Å². The van der Waals surface area contributed by atoms with E-state index >= 15 is 0 Å². The van der Waals surface area contributed by atoms with Crippen LogP contribution in [0, 0.1) is 0 Å². The van der Waals surface area contributed by atoms with Gasteiger partial charge in [-0.1, -0.05) is 76.6 Å². The maximum atomic E-state index is 12.3. The SMILES string of the molecule is O=C(O)c1c(-c2ccccc2)c(-c2ccccc2)nc2ccc(Br)cc12. The van der Waals surface area contributed by atoms with Gasteiger partial charge in [-0.25, -0.2) is 9.78 Å². The second-order valence-electron chi connectivity index (χ2n) is 5.91. The van der Waals surface area contributed by atoms with Crippen LogP contribution in [0.2, 0.25) is 0 Å². The number of aromatic carboxylic acids is 1. The molecule has 4 heteroatoms. The molecular weight excluding hydrogens is 390 g/mol. The molecule has 1 heterocycles. The number of carbonyl (C=O) groups is 1. The van der Waals surface area contributed by atoms with Crippen molar-refractivity contribution in [1.82, 2.24) is 4.98 Å². The Hall–Kier alpha value is -2.98. The predicted molar refractivity (Wildman–Crippen MR) is 107 cm³/mol. The summed E-state index contributed by atoms with van der Waals surface area (Å²) in [6.45, 7) is 0. The molecule has 0 fully saturated rings.